The molecule has 1 aromatic heterocycles. The van der Waals surface area contributed by atoms with Crippen LogP contribution in [0.1, 0.15) is 89.8 Å². The highest BCUT2D eigenvalue weighted by Crippen LogP contribution is 2.26. The van der Waals surface area contributed by atoms with Gasteiger partial charge in [0.25, 0.3) is 0 Å². The molecule has 1 aromatic rings. The molecule has 35 heavy (non-hydrogen) atoms. The van der Waals surface area contributed by atoms with E-state index < -0.39 is 0 Å². The third-order valence-electron chi connectivity index (χ3n) is 5.73. The highest BCUT2D eigenvalue weighted by molar-refractivity contribution is 6.12. The van der Waals surface area contributed by atoms with E-state index in [0.717, 1.165) is 80.6 Å². The minimum Gasteiger partial charge on any atom is -0.383 e. The molecular weight excluding hydrogens is 434 g/mol. The van der Waals surface area contributed by atoms with Crippen LogP contribution in [0.5, 0.6) is 0 Å². The van der Waals surface area contributed by atoms with Gasteiger partial charge in [-0.05, 0) is 89.8 Å². The van der Waals surface area contributed by atoms with Gasteiger partial charge in [0.15, 0.2) is 5.84 Å². The van der Waals surface area contributed by atoms with Crippen molar-refractivity contribution in [1.82, 2.24) is 15.6 Å². The van der Waals surface area contributed by atoms with Crippen molar-refractivity contribution in [3.05, 3.63) is 40.7 Å². The van der Waals surface area contributed by atoms with Crippen molar-refractivity contribution >= 4 is 11.7 Å². The molecule has 0 aromatic carbocycles. The van der Waals surface area contributed by atoms with E-state index in [2.05, 4.69) is 43.3 Å². The number of aliphatic imine (C=N–C) groups is 2. The second kappa shape index (κ2) is 19.1. The SMILES string of the molecule is CC.CCCCc1cncc(C)c1C(N=C(N)/C(=C/CN)CCC)=NC1(C)CCNCC1.CNC. The first kappa shape index (κ1) is 32.9. The lowest BCUT2D eigenvalue weighted by atomic mass is 9.91. The van der Waals surface area contributed by atoms with Gasteiger partial charge in [0.1, 0.15) is 5.84 Å². The Morgan fingerprint density at radius 2 is 1.80 bits per heavy atom. The summed E-state index contributed by atoms with van der Waals surface area (Å²) in [5, 5.41) is 6.18. The summed E-state index contributed by atoms with van der Waals surface area (Å²) in [4.78, 5) is 14.6. The lowest BCUT2D eigenvalue weighted by molar-refractivity contribution is 0.340. The smallest absolute Gasteiger partial charge is 0.158 e. The Kier molecular flexibility index (Phi) is 18.0. The molecule has 200 valence electrons. The molecule has 7 heteroatoms. The Hall–Kier alpha value is -2.09. The Balaban J connectivity index is 0.00000214. The van der Waals surface area contributed by atoms with E-state index >= 15 is 0 Å². The van der Waals surface area contributed by atoms with Gasteiger partial charge in [-0.25, -0.2) is 4.99 Å². The van der Waals surface area contributed by atoms with Crippen LogP contribution in [0, 0.1) is 6.92 Å². The molecule has 7 nitrogen and oxygen atoms in total. The predicted octanol–water partition coefficient (Wildman–Crippen LogP) is 4.53. The van der Waals surface area contributed by atoms with Gasteiger partial charge in [0.2, 0.25) is 0 Å². The molecule has 1 saturated heterocycles. The van der Waals surface area contributed by atoms with Crippen LogP contribution < -0.4 is 22.1 Å². The predicted molar refractivity (Wildman–Crippen MR) is 155 cm³/mol. The number of amidine groups is 2. The molecule has 6 N–H and O–H groups in total. The number of rotatable bonds is 9. The van der Waals surface area contributed by atoms with Crippen LogP contribution in [-0.4, -0.2) is 55.9 Å². The molecule has 0 radical (unpaired) electrons. The summed E-state index contributed by atoms with van der Waals surface area (Å²) < 4.78 is 0. The average Bonchev–Trinajstić information content (AvgIpc) is 2.84. The Morgan fingerprint density at radius 1 is 1.17 bits per heavy atom. The normalized spacial score (nSPS) is 16.1. The fraction of sp³-hybridized carbons (Fsp3) is 0.679. The molecule has 1 aliphatic heterocycles. The number of aromatic nitrogens is 1. The monoisotopic (exact) mass is 487 g/mol. The number of pyridine rings is 1. The zero-order chi connectivity index (χ0) is 26.7. The maximum atomic E-state index is 6.49. The van der Waals surface area contributed by atoms with Gasteiger partial charge < -0.3 is 22.1 Å². The fourth-order valence-corrected chi connectivity index (χ4v) is 3.90. The largest absolute Gasteiger partial charge is 0.383 e. The minimum absolute atomic E-state index is 0.148. The first-order valence-electron chi connectivity index (χ1n) is 13.4. The summed E-state index contributed by atoms with van der Waals surface area (Å²) in [6.45, 7) is 15.1. The molecule has 0 unspecified atom stereocenters. The highest BCUT2D eigenvalue weighted by atomic mass is 15.0. The number of piperidine rings is 1. The Morgan fingerprint density at radius 3 is 2.34 bits per heavy atom. The fourth-order valence-electron chi connectivity index (χ4n) is 3.90. The average molecular weight is 488 g/mol. The minimum atomic E-state index is -0.148. The quantitative estimate of drug-likeness (QED) is 0.302. The number of hydrogen-bond acceptors (Lipinski definition) is 5. The van der Waals surface area contributed by atoms with Crippen molar-refractivity contribution in [2.45, 2.75) is 92.0 Å². The van der Waals surface area contributed by atoms with Crippen molar-refractivity contribution in [1.29, 1.82) is 0 Å². The first-order valence-corrected chi connectivity index (χ1v) is 13.4. The number of aryl methyl sites for hydroxylation is 2. The van der Waals surface area contributed by atoms with E-state index in [1.54, 1.807) is 0 Å². The van der Waals surface area contributed by atoms with Crippen molar-refractivity contribution in [3.63, 3.8) is 0 Å². The van der Waals surface area contributed by atoms with Gasteiger partial charge in [0.05, 0.1) is 5.54 Å². The topological polar surface area (TPSA) is 114 Å². The van der Waals surface area contributed by atoms with Crippen molar-refractivity contribution in [3.8, 4) is 0 Å². The number of nitrogens with zero attached hydrogens (tertiary/aromatic N) is 3. The van der Waals surface area contributed by atoms with Gasteiger partial charge in [-0.15, -0.1) is 0 Å². The zero-order valence-electron chi connectivity index (χ0n) is 23.8. The van der Waals surface area contributed by atoms with Gasteiger partial charge in [0, 0.05) is 24.5 Å². The molecule has 0 amide bonds. The second-order valence-electron chi connectivity index (χ2n) is 8.99. The summed E-state index contributed by atoms with van der Waals surface area (Å²) in [6, 6.07) is 0. The lowest BCUT2D eigenvalue weighted by Gasteiger charge is -2.31. The summed E-state index contributed by atoms with van der Waals surface area (Å²) in [6.07, 6.45) is 12.9. The van der Waals surface area contributed by atoms with E-state index in [1.807, 2.05) is 46.4 Å². The molecule has 2 rings (SSSR count). The summed E-state index contributed by atoms with van der Waals surface area (Å²) in [5.74, 6) is 1.26. The second-order valence-corrected chi connectivity index (χ2v) is 8.99. The third kappa shape index (κ3) is 11.9. The maximum absolute atomic E-state index is 6.49. The van der Waals surface area contributed by atoms with Gasteiger partial charge in [-0.2, -0.15) is 0 Å². The molecule has 0 saturated carbocycles. The molecule has 2 heterocycles. The van der Waals surface area contributed by atoms with Crippen molar-refractivity contribution in [2.75, 3.05) is 33.7 Å². The molecule has 0 aliphatic carbocycles. The van der Waals surface area contributed by atoms with E-state index in [9.17, 15) is 0 Å². The number of hydrogen-bond donors (Lipinski definition) is 4. The van der Waals surface area contributed by atoms with Crippen molar-refractivity contribution < 1.29 is 0 Å². The molecule has 0 spiro atoms. The number of unbranched alkanes of at least 4 members (excludes halogenated alkanes) is 1. The molecule has 0 atom stereocenters. The van der Waals surface area contributed by atoms with Crippen LogP contribution in [0.4, 0.5) is 0 Å². The number of nitrogens with two attached hydrogens (primary N) is 2. The molecule has 0 bridgehead atoms. The zero-order valence-corrected chi connectivity index (χ0v) is 23.8. The lowest BCUT2D eigenvalue weighted by Crippen LogP contribution is -2.39. The first-order chi connectivity index (χ1) is 16.9. The standard InChI is InChI=1S/C24H40N6.C2H7N.C2H6/c1-5-7-9-20-17-28-16-18(3)21(20)23(30-24(4)11-14-27-15-12-24)29-22(26)19(8-6-2)10-13-25;1-3-2;1-2/h10,16-17,27H,5-9,11-15,25H2,1-4H3,(H2,26,29,30);3H,1-2H3;1-2H3/b19-10+;;. The van der Waals surface area contributed by atoms with E-state index in [4.69, 9.17) is 21.5 Å². The van der Waals surface area contributed by atoms with Crippen LogP contribution in [-0.2, 0) is 6.42 Å². The maximum Gasteiger partial charge on any atom is 0.158 e. The Labute approximate surface area is 215 Å². The van der Waals surface area contributed by atoms with Crippen LogP contribution in [0.25, 0.3) is 0 Å². The third-order valence-corrected chi connectivity index (χ3v) is 5.73. The van der Waals surface area contributed by atoms with Gasteiger partial charge in [-0.3, -0.25) is 9.98 Å². The molecular formula is C28H53N7. The van der Waals surface area contributed by atoms with Crippen molar-refractivity contribution in [2.24, 2.45) is 21.5 Å². The van der Waals surface area contributed by atoms with Crippen LogP contribution in [0.2, 0.25) is 0 Å². The van der Waals surface area contributed by atoms with Crippen LogP contribution in [0.15, 0.2) is 34.0 Å². The summed E-state index contributed by atoms with van der Waals surface area (Å²) in [5.41, 5.74) is 16.5. The van der Waals surface area contributed by atoms with Crippen LogP contribution >= 0.6 is 0 Å². The highest BCUT2D eigenvalue weighted by Gasteiger charge is 2.28. The van der Waals surface area contributed by atoms with E-state index in [1.165, 1.54) is 5.56 Å². The van der Waals surface area contributed by atoms with Gasteiger partial charge in [-0.1, -0.05) is 46.6 Å². The van der Waals surface area contributed by atoms with Gasteiger partial charge >= 0.3 is 0 Å². The number of nitrogens with one attached hydrogen (secondary N) is 2. The summed E-state index contributed by atoms with van der Waals surface area (Å²) in [7, 11) is 3.75. The summed E-state index contributed by atoms with van der Waals surface area (Å²) >= 11 is 0. The van der Waals surface area contributed by atoms with Crippen LogP contribution in [0.3, 0.4) is 0 Å². The molecule has 1 aliphatic rings. The van der Waals surface area contributed by atoms with E-state index in [0.29, 0.717) is 12.4 Å². The van der Waals surface area contributed by atoms with E-state index in [-0.39, 0.29) is 5.54 Å². The molecule has 1 fully saturated rings. The Bertz CT molecular complexity index is 790.